The lowest BCUT2D eigenvalue weighted by Gasteiger charge is -2.30. The molecule has 1 aromatic heterocycles. The number of hydrogen-bond donors (Lipinski definition) is 2. The molecule has 0 atom stereocenters. The predicted molar refractivity (Wildman–Crippen MR) is 124 cm³/mol. The maximum atomic E-state index is 12.5. The zero-order chi connectivity index (χ0) is 21.8. The molecule has 2 aromatic carbocycles. The molecule has 4 rings (SSSR count). The highest BCUT2D eigenvalue weighted by atomic mass is 16.5. The van der Waals surface area contributed by atoms with E-state index < -0.39 is 0 Å². The van der Waals surface area contributed by atoms with Crippen LogP contribution < -0.4 is 15.4 Å². The van der Waals surface area contributed by atoms with E-state index in [0.29, 0.717) is 5.69 Å². The fourth-order valence-corrected chi connectivity index (χ4v) is 3.76. The Balaban J connectivity index is 1.53. The monoisotopic (exact) mass is 419 g/mol. The van der Waals surface area contributed by atoms with E-state index >= 15 is 0 Å². The molecule has 2 heterocycles. The van der Waals surface area contributed by atoms with Gasteiger partial charge in [0.05, 0.1) is 5.69 Å². The van der Waals surface area contributed by atoms with E-state index in [1.165, 1.54) is 0 Å². The number of nitrogens with one attached hydrogen (secondary N) is 2. The maximum Gasteiger partial charge on any atom is 0.323 e. The number of likely N-dealkylation sites (tertiary alicyclic amines) is 1. The first-order valence-electron chi connectivity index (χ1n) is 10.6. The van der Waals surface area contributed by atoms with Crippen molar-refractivity contribution in [2.24, 2.45) is 7.05 Å². The van der Waals surface area contributed by atoms with Gasteiger partial charge in [-0.1, -0.05) is 17.7 Å². The van der Waals surface area contributed by atoms with Crippen molar-refractivity contribution in [3.8, 4) is 17.0 Å². The van der Waals surface area contributed by atoms with Crippen LogP contribution in [0.15, 0.2) is 54.7 Å². The Morgan fingerprint density at radius 2 is 1.68 bits per heavy atom. The Labute approximate surface area is 183 Å². The van der Waals surface area contributed by atoms with Crippen LogP contribution in [0.2, 0.25) is 0 Å². The summed E-state index contributed by atoms with van der Waals surface area (Å²) in [5.74, 6) is 0.808. The fraction of sp³-hybridized carbons (Fsp3) is 0.333. The molecule has 1 fully saturated rings. The Morgan fingerprint density at radius 3 is 2.35 bits per heavy atom. The lowest BCUT2D eigenvalue weighted by atomic mass is 10.1. The SMILES string of the molecule is Cc1ccc(NC(=O)Nc2ccc(OC3CCN(C)CC3)c(-c3ccnn3C)c2)cc1. The quantitative estimate of drug-likeness (QED) is 0.638. The molecule has 7 nitrogen and oxygen atoms in total. The largest absolute Gasteiger partial charge is 0.490 e. The van der Waals surface area contributed by atoms with Gasteiger partial charge < -0.3 is 20.3 Å². The maximum absolute atomic E-state index is 12.5. The molecular weight excluding hydrogens is 390 g/mol. The number of carbonyl (C=O) groups excluding carboxylic acids is 1. The highest BCUT2D eigenvalue weighted by Crippen LogP contribution is 2.34. The lowest BCUT2D eigenvalue weighted by Crippen LogP contribution is -2.35. The van der Waals surface area contributed by atoms with Gasteiger partial charge in [-0.05, 0) is 63.2 Å². The minimum Gasteiger partial charge on any atom is -0.490 e. The van der Waals surface area contributed by atoms with E-state index in [1.807, 2.05) is 67.2 Å². The van der Waals surface area contributed by atoms with Gasteiger partial charge in [0.1, 0.15) is 11.9 Å². The molecule has 1 saturated heterocycles. The van der Waals surface area contributed by atoms with E-state index in [1.54, 1.807) is 6.20 Å². The van der Waals surface area contributed by atoms with E-state index in [9.17, 15) is 4.79 Å². The number of hydrogen-bond acceptors (Lipinski definition) is 4. The standard InChI is InChI=1S/C24H29N5O2/c1-17-4-6-18(7-5-17)26-24(30)27-19-8-9-23(31-20-11-14-28(2)15-12-20)21(16-19)22-10-13-25-29(22)3/h4-10,13,16,20H,11-12,14-15H2,1-3H3,(H2,26,27,30). The zero-order valence-electron chi connectivity index (χ0n) is 18.3. The second-order valence-corrected chi connectivity index (χ2v) is 8.12. The molecule has 0 radical (unpaired) electrons. The van der Waals surface area contributed by atoms with Crippen molar-refractivity contribution >= 4 is 17.4 Å². The third-order valence-electron chi connectivity index (χ3n) is 5.60. The first-order chi connectivity index (χ1) is 15.0. The number of anilines is 2. The molecule has 162 valence electrons. The molecule has 0 saturated carbocycles. The Kier molecular flexibility index (Phi) is 6.23. The summed E-state index contributed by atoms with van der Waals surface area (Å²) in [4.78, 5) is 14.8. The third kappa shape index (κ3) is 5.24. The zero-order valence-corrected chi connectivity index (χ0v) is 18.3. The lowest BCUT2D eigenvalue weighted by molar-refractivity contribution is 0.115. The molecule has 0 unspecified atom stereocenters. The Hall–Kier alpha value is -3.32. The van der Waals surface area contributed by atoms with Gasteiger partial charge in [0.2, 0.25) is 0 Å². The molecule has 2 N–H and O–H groups in total. The number of rotatable bonds is 5. The van der Waals surface area contributed by atoms with Crippen LogP contribution in [0.4, 0.5) is 16.2 Å². The van der Waals surface area contributed by atoms with Crippen molar-refractivity contribution in [3.63, 3.8) is 0 Å². The summed E-state index contributed by atoms with van der Waals surface area (Å²) in [5.41, 5.74) is 4.43. The van der Waals surface area contributed by atoms with Crippen molar-refractivity contribution in [3.05, 3.63) is 60.3 Å². The second kappa shape index (κ2) is 9.22. The van der Waals surface area contributed by atoms with E-state index in [4.69, 9.17) is 4.74 Å². The highest BCUT2D eigenvalue weighted by Gasteiger charge is 2.20. The molecule has 31 heavy (non-hydrogen) atoms. The molecule has 2 amide bonds. The van der Waals surface area contributed by atoms with Gasteiger partial charge in [-0.3, -0.25) is 4.68 Å². The molecule has 1 aliphatic rings. The predicted octanol–water partition coefficient (Wildman–Crippen LogP) is 4.51. The van der Waals surface area contributed by atoms with Crippen LogP contribution in [0.25, 0.3) is 11.3 Å². The number of nitrogens with zero attached hydrogens (tertiary/aromatic N) is 3. The number of amides is 2. The first kappa shape index (κ1) is 20.9. The van der Waals surface area contributed by atoms with Crippen molar-refractivity contribution in [2.75, 3.05) is 30.8 Å². The van der Waals surface area contributed by atoms with Crippen LogP contribution in [0.1, 0.15) is 18.4 Å². The van der Waals surface area contributed by atoms with Crippen LogP contribution in [0, 0.1) is 6.92 Å². The smallest absolute Gasteiger partial charge is 0.323 e. The van der Waals surface area contributed by atoms with Gasteiger partial charge in [-0.25, -0.2) is 4.79 Å². The van der Waals surface area contributed by atoms with Gasteiger partial charge in [0.15, 0.2) is 0 Å². The average molecular weight is 420 g/mol. The molecule has 3 aromatic rings. The van der Waals surface area contributed by atoms with E-state index in [0.717, 1.165) is 54.2 Å². The van der Waals surface area contributed by atoms with E-state index in [-0.39, 0.29) is 12.1 Å². The number of aryl methyl sites for hydroxylation is 2. The molecule has 1 aliphatic heterocycles. The molecular formula is C24H29N5O2. The highest BCUT2D eigenvalue weighted by molar-refractivity contribution is 6.00. The van der Waals surface area contributed by atoms with Crippen LogP contribution in [-0.2, 0) is 7.05 Å². The Bertz CT molecular complexity index is 1040. The molecule has 0 bridgehead atoms. The fourth-order valence-electron chi connectivity index (χ4n) is 3.76. The number of piperidine rings is 1. The van der Waals surface area contributed by atoms with Crippen molar-refractivity contribution in [1.82, 2.24) is 14.7 Å². The van der Waals surface area contributed by atoms with Crippen molar-refractivity contribution in [1.29, 1.82) is 0 Å². The second-order valence-electron chi connectivity index (χ2n) is 8.12. The number of ether oxygens (including phenoxy) is 1. The summed E-state index contributed by atoms with van der Waals surface area (Å²) in [6.45, 7) is 4.08. The van der Waals surface area contributed by atoms with Crippen LogP contribution in [0.3, 0.4) is 0 Å². The summed E-state index contributed by atoms with van der Waals surface area (Å²) in [7, 11) is 4.04. The molecule has 0 spiro atoms. The van der Waals surface area contributed by atoms with Crippen LogP contribution in [0.5, 0.6) is 5.75 Å². The normalized spacial score (nSPS) is 14.9. The van der Waals surface area contributed by atoms with Gasteiger partial charge in [-0.2, -0.15) is 5.10 Å². The van der Waals surface area contributed by atoms with E-state index in [2.05, 4.69) is 27.7 Å². The van der Waals surface area contributed by atoms with Gasteiger partial charge in [0, 0.05) is 43.3 Å². The Morgan fingerprint density at radius 1 is 1.00 bits per heavy atom. The topological polar surface area (TPSA) is 71.4 Å². The number of carbonyl (C=O) groups is 1. The third-order valence-corrected chi connectivity index (χ3v) is 5.60. The van der Waals surface area contributed by atoms with Gasteiger partial charge in [0.25, 0.3) is 0 Å². The first-order valence-corrected chi connectivity index (χ1v) is 10.6. The molecule has 7 heteroatoms. The number of aromatic nitrogens is 2. The minimum absolute atomic E-state index is 0.187. The average Bonchev–Trinajstić information content (AvgIpc) is 3.18. The number of benzene rings is 2. The summed E-state index contributed by atoms with van der Waals surface area (Å²) >= 11 is 0. The number of urea groups is 1. The molecule has 0 aliphatic carbocycles. The minimum atomic E-state index is -0.288. The van der Waals surface area contributed by atoms with Crippen molar-refractivity contribution in [2.45, 2.75) is 25.9 Å². The summed E-state index contributed by atoms with van der Waals surface area (Å²) in [6.07, 6.45) is 3.95. The summed E-state index contributed by atoms with van der Waals surface area (Å²) in [5, 5.41) is 10.1. The van der Waals surface area contributed by atoms with Gasteiger partial charge in [-0.15, -0.1) is 0 Å². The van der Waals surface area contributed by atoms with Crippen LogP contribution in [-0.4, -0.2) is 47.0 Å². The van der Waals surface area contributed by atoms with Gasteiger partial charge >= 0.3 is 6.03 Å². The summed E-state index contributed by atoms with van der Waals surface area (Å²) < 4.78 is 8.20. The van der Waals surface area contributed by atoms with Crippen LogP contribution >= 0.6 is 0 Å². The summed E-state index contributed by atoms with van der Waals surface area (Å²) in [6, 6.07) is 15.1. The van der Waals surface area contributed by atoms with Crippen molar-refractivity contribution < 1.29 is 9.53 Å².